The van der Waals surface area contributed by atoms with Gasteiger partial charge in [0.25, 0.3) is 0 Å². The third-order valence-electron chi connectivity index (χ3n) is 10.2. The number of rotatable bonds is 27. The molecule has 0 saturated carbocycles. The van der Waals surface area contributed by atoms with Gasteiger partial charge in [-0.1, -0.05) is 166 Å². The molecule has 0 aliphatic rings. The fraction of sp³-hybridized carbons (Fsp3) is 0.565. The van der Waals surface area contributed by atoms with Gasteiger partial charge in [-0.2, -0.15) is 0 Å². The van der Waals surface area contributed by atoms with Crippen molar-refractivity contribution in [3.8, 4) is 22.6 Å². The number of hydrogen-bond donors (Lipinski definition) is 2. The molecule has 0 aliphatic heterocycles. The van der Waals surface area contributed by atoms with Gasteiger partial charge in [-0.05, 0) is 69.8 Å². The van der Waals surface area contributed by atoms with Crippen molar-refractivity contribution in [1.29, 1.82) is 0 Å². The maximum absolute atomic E-state index is 9.91. The van der Waals surface area contributed by atoms with Crippen molar-refractivity contribution in [3.05, 3.63) is 71.8 Å². The van der Waals surface area contributed by atoms with Gasteiger partial charge in [-0.15, -0.1) is 0 Å². The van der Waals surface area contributed by atoms with Crippen molar-refractivity contribution >= 4 is 21.5 Å². The van der Waals surface area contributed by atoms with Crippen LogP contribution in [0.3, 0.4) is 0 Å². The van der Waals surface area contributed by atoms with Gasteiger partial charge in [-0.25, -0.2) is 0 Å². The monoisotopic (exact) mass is 682 g/mol. The van der Waals surface area contributed by atoms with Gasteiger partial charge >= 0.3 is 0 Å². The molecule has 0 unspecified atom stereocenters. The summed E-state index contributed by atoms with van der Waals surface area (Å²) in [5.74, 6) is 1.74. The van der Waals surface area contributed by atoms with Crippen LogP contribution in [0.2, 0.25) is 0 Å². The highest BCUT2D eigenvalue weighted by atomic mass is 16.5. The number of aliphatic hydroxyl groups excluding tert-OH is 2. The number of fused-ring (bicyclic) bond motifs is 2. The molecule has 0 radical (unpaired) electrons. The van der Waals surface area contributed by atoms with Crippen LogP contribution in [0, 0.1) is 0 Å². The summed E-state index contributed by atoms with van der Waals surface area (Å²) in [6, 6.07) is 20.8. The van der Waals surface area contributed by atoms with Crippen molar-refractivity contribution in [1.82, 2.24) is 0 Å². The molecule has 0 bridgehead atoms. The van der Waals surface area contributed by atoms with Crippen LogP contribution in [-0.2, 0) is 13.2 Å². The van der Waals surface area contributed by atoms with Crippen LogP contribution in [0.4, 0.5) is 0 Å². The minimum Gasteiger partial charge on any atom is -0.493 e. The second kappa shape index (κ2) is 23.4. The molecule has 2 N–H and O–H groups in total. The lowest BCUT2D eigenvalue weighted by Gasteiger charge is -2.20. The summed E-state index contributed by atoms with van der Waals surface area (Å²) in [7, 11) is 0. The summed E-state index contributed by atoms with van der Waals surface area (Å²) in [5.41, 5.74) is 3.87. The lowest BCUT2D eigenvalue weighted by molar-refractivity contribution is 0.282. The fourth-order valence-corrected chi connectivity index (χ4v) is 7.21. The Balaban J connectivity index is 1.50. The fourth-order valence-electron chi connectivity index (χ4n) is 7.21. The zero-order chi connectivity index (χ0) is 35.2. The number of aliphatic hydroxyl groups is 2. The SMILES string of the molecule is CCCCCCCCCCCCOc1ccc2cc(CO)ccc2c1-c1c(OCCCCCCCCCCCC)ccc2cc(CO)ccc12. The Kier molecular flexibility index (Phi) is 18.6. The van der Waals surface area contributed by atoms with E-state index in [0.29, 0.717) is 13.2 Å². The van der Waals surface area contributed by atoms with E-state index in [1.54, 1.807) is 0 Å². The molecule has 4 heteroatoms. The van der Waals surface area contributed by atoms with E-state index in [1.165, 1.54) is 116 Å². The molecular weight excluding hydrogens is 617 g/mol. The first-order valence-electron chi connectivity index (χ1n) is 20.3. The molecule has 0 heterocycles. The van der Waals surface area contributed by atoms with Crippen LogP contribution >= 0.6 is 0 Å². The molecule has 0 saturated heterocycles. The molecule has 0 fully saturated rings. The van der Waals surface area contributed by atoms with Crippen LogP contribution in [0.25, 0.3) is 32.7 Å². The topological polar surface area (TPSA) is 58.9 Å². The van der Waals surface area contributed by atoms with E-state index in [4.69, 9.17) is 9.47 Å². The van der Waals surface area contributed by atoms with E-state index >= 15 is 0 Å². The van der Waals surface area contributed by atoms with Crippen molar-refractivity contribution in [2.75, 3.05) is 13.2 Å². The average Bonchev–Trinajstić information content (AvgIpc) is 3.15. The lowest BCUT2D eigenvalue weighted by atomic mass is 9.91. The largest absolute Gasteiger partial charge is 0.493 e. The van der Waals surface area contributed by atoms with Gasteiger partial charge in [-0.3, -0.25) is 0 Å². The first-order valence-corrected chi connectivity index (χ1v) is 20.3. The van der Waals surface area contributed by atoms with Gasteiger partial charge in [0, 0.05) is 11.1 Å². The number of hydrogen-bond acceptors (Lipinski definition) is 4. The molecule has 4 nitrogen and oxygen atoms in total. The number of ether oxygens (including phenoxy) is 2. The maximum Gasteiger partial charge on any atom is 0.127 e. The standard InChI is InChI=1S/C46H66O4/c1-3-5-7-9-11-13-15-17-19-21-31-49-43-29-25-39-33-37(35-47)23-27-41(39)45(43)46-42-28-24-38(36-48)34-40(42)26-30-44(46)50-32-22-20-18-16-14-12-10-8-6-4-2/h23-30,33-34,47-48H,3-22,31-32,35-36H2,1-2H3. The molecule has 0 amide bonds. The van der Waals surface area contributed by atoms with Crippen molar-refractivity contribution in [2.45, 2.75) is 155 Å². The lowest BCUT2D eigenvalue weighted by Crippen LogP contribution is -2.03. The maximum atomic E-state index is 9.91. The summed E-state index contributed by atoms with van der Waals surface area (Å²) in [5, 5.41) is 24.1. The first-order chi connectivity index (χ1) is 24.7. The van der Waals surface area contributed by atoms with Crippen LogP contribution in [0.5, 0.6) is 11.5 Å². The summed E-state index contributed by atoms with van der Waals surface area (Å²) in [6.07, 6.45) is 25.9. The van der Waals surface area contributed by atoms with Gasteiger partial charge < -0.3 is 19.7 Å². The van der Waals surface area contributed by atoms with Gasteiger partial charge in [0.15, 0.2) is 0 Å². The molecule has 50 heavy (non-hydrogen) atoms. The third kappa shape index (κ3) is 12.6. The Morgan fingerprint density at radius 1 is 0.400 bits per heavy atom. The molecule has 4 aromatic rings. The molecular formula is C46H66O4. The third-order valence-corrected chi connectivity index (χ3v) is 10.2. The van der Waals surface area contributed by atoms with E-state index in [0.717, 1.165) is 68.1 Å². The minimum atomic E-state index is 0.00763. The molecule has 0 atom stereocenters. The van der Waals surface area contributed by atoms with Gasteiger partial charge in [0.05, 0.1) is 26.4 Å². The Bertz CT molecular complexity index is 1410. The zero-order valence-corrected chi connectivity index (χ0v) is 31.5. The Hall–Kier alpha value is -3.08. The molecule has 4 aromatic carbocycles. The van der Waals surface area contributed by atoms with Gasteiger partial charge in [0.1, 0.15) is 11.5 Å². The Labute approximate surface area is 303 Å². The van der Waals surface area contributed by atoms with Crippen LogP contribution in [-0.4, -0.2) is 23.4 Å². The molecule has 0 aliphatic carbocycles. The summed E-state index contributed by atoms with van der Waals surface area (Å²) in [6.45, 7) is 5.92. The van der Waals surface area contributed by atoms with E-state index in [1.807, 2.05) is 12.1 Å². The average molecular weight is 683 g/mol. The predicted octanol–water partition coefficient (Wildman–Crippen LogP) is 13.2. The van der Waals surface area contributed by atoms with Crippen LogP contribution in [0.1, 0.15) is 153 Å². The molecule has 274 valence electrons. The van der Waals surface area contributed by atoms with Crippen LogP contribution in [0.15, 0.2) is 60.7 Å². The van der Waals surface area contributed by atoms with E-state index in [9.17, 15) is 10.2 Å². The minimum absolute atomic E-state index is 0.00763. The van der Waals surface area contributed by atoms with Gasteiger partial charge in [0.2, 0.25) is 0 Å². The molecule has 4 rings (SSSR count). The van der Waals surface area contributed by atoms with E-state index in [2.05, 4.69) is 62.4 Å². The van der Waals surface area contributed by atoms with E-state index in [-0.39, 0.29) is 13.2 Å². The first kappa shape index (κ1) is 39.7. The quantitative estimate of drug-likeness (QED) is 0.0615. The highest BCUT2D eigenvalue weighted by molar-refractivity contribution is 6.10. The van der Waals surface area contributed by atoms with Crippen molar-refractivity contribution in [2.24, 2.45) is 0 Å². The second-order valence-electron chi connectivity index (χ2n) is 14.4. The van der Waals surface area contributed by atoms with Crippen molar-refractivity contribution < 1.29 is 19.7 Å². The summed E-state index contributed by atoms with van der Waals surface area (Å²) >= 11 is 0. The summed E-state index contributed by atoms with van der Waals surface area (Å²) < 4.78 is 13.3. The highest BCUT2D eigenvalue weighted by Crippen LogP contribution is 2.46. The van der Waals surface area contributed by atoms with E-state index < -0.39 is 0 Å². The highest BCUT2D eigenvalue weighted by Gasteiger charge is 2.20. The second-order valence-corrected chi connectivity index (χ2v) is 14.4. The normalized spacial score (nSPS) is 11.5. The Morgan fingerprint density at radius 2 is 0.740 bits per heavy atom. The molecule has 0 spiro atoms. The summed E-state index contributed by atoms with van der Waals surface area (Å²) in [4.78, 5) is 0. The number of benzene rings is 4. The zero-order valence-electron chi connectivity index (χ0n) is 31.5. The number of unbranched alkanes of at least 4 members (excludes halogenated alkanes) is 18. The predicted molar refractivity (Wildman–Crippen MR) is 213 cm³/mol. The molecule has 0 aromatic heterocycles. The smallest absolute Gasteiger partial charge is 0.127 e. The Morgan fingerprint density at radius 3 is 1.08 bits per heavy atom. The van der Waals surface area contributed by atoms with Crippen LogP contribution < -0.4 is 9.47 Å². The van der Waals surface area contributed by atoms with Crippen molar-refractivity contribution in [3.63, 3.8) is 0 Å².